The molecule has 2 aromatic heterocycles. The fraction of sp³-hybridized carbons (Fsp3) is 0.357. The van der Waals surface area contributed by atoms with Gasteiger partial charge in [-0.05, 0) is 41.1 Å². The van der Waals surface area contributed by atoms with Crippen LogP contribution in [0.2, 0.25) is 0 Å². The molecule has 1 aliphatic rings. The highest BCUT2D eigenvalue weighted by atomic mass is 32.1. The number of carbonyl (C=O) groups is 1. The van der Waals surface area contributed by atoms with E-state index in [2.05, 4.69) is 26.8 Å². The van der Waals surface area contributed by atoms with E-state index in [1.165, 1.54) is 11.8 Å². The van der Waals surface area contributed by atoms with E-state index in [-0.39, 0.29) is 5.91 Å². The minimum atomic E-state index is -0.00290. The summed E-state index contributed by atoms with van der Waals surface area (Å²) in [4.78, 5) is 22.1. The van der Waals surface area contributed by atoms with Gasteiger partial charge in [0.25, 0.3) is 5.91 Å². The van der Waals surface area contributed by atoms with Crippen molar-refractivity contribution in [3.8, 4) is 0 Å². The minimum Gasteiger partial charge on any atom is -0.337 e. The summed E-state index contributed by atoms with van der Waals surface area (Å²) in [6.07, 6.45) is 6.74. The predicted octanol–water partition coefficient (Wildman–Crippen LogP) is 2.56. The molecule has 3 heterocycles. The van der Waals surface area contributed by atoms with Crippen LogP contribution < -0.4 is 0 Å². The lowest BCUT2D eigenvalue weighted by Crippen LogP contribution is -2.38. The van der Waals surface area contributed by atoms with E-state index in [9.17, 15) is 4.79 Å². The molecule has 0 bridgehead atoms. The first-order valence-electron chi connectivity index (χ1n) is 6.42. The summed E-state index contributed by atoms with van der Waals surface area (Å²) in [6, 6.07) is 2.19. The maximum Gasteiger partial charge on any atom is 0.274 e. The lowest BCUT2D eigenvalue weighted by atomic mass is 9.91. The fourth-order valence-corrected chi connectivity index (χ4v) is 3.24. The summed E-state index contributed by atoms with van der Waals surface area (Å²) in [7, 11) is 0. The predicted molar refractivity (Wildman–Crippen MR) is 74.2 cm³/mol. The van der Waals surface area contributed by atoms with E-state index in [0.717, 1.165) is 25.9 Å². The Hall–Kier alpha value is -1.75. The summed E-state index contributed by atoms with van der Waals surface area (Å²) >= 11 is 1.74. The number of piperidine rings is 1. The molecule has 2 aromatic rings. The molecule has 0 aromatic carbocycles. The lowest BCUT2D eigenvalue weighted by molar-refractivity contribution is 0.0706. The van der Waals surface area contributed by atoms with Gasteiger partial charge < -0.3 is 4.90 Å². The molecule has 0 N–H and O–H groups in total. The van der Waals surface area contributed by atoms with E-state index in [1.54, 1.807) is 23.7 Å². The Labute approximate surface area is 116 Å². The third-order valence-corrected chi connectivity index (χ3v) is 4.28. The van der Waals surface area contributed by atoms with Crippen molar-refractivity contribution in [2.75, 3.05) is 13.1 Å². The standard InChI is InChI=1S/C14H15N3OS/c18-14(13-9-15-4-5-16-13)17-6-1-11(2-7-17)12-3-8-19-10-12/h3-5,8-11H,1-2,6-7H2. The number of carbonyl (C=O) groups excluding carboxylic acids is 1. The third kappa shape index (κ3) is 2.66. The first-order valence-corrected chi connectivity index (χ1v) is 7.36. The third-order valence-electron chi connectivity index (χ3n) is 3.58. The van der Waals surface area contributed by atoms with E-state index < -0.39 is 0 Å². The summed E-state index contributed by atoms with van der Waals surface area (Å²) in [5.41, 5.74) is 1.85. The van der Waals surface area contributed by atoms with E-state index in [0.29, 0.717) is 11.6 Å². The second-order valence-corrected chi connectivity index (χ2v) is 5.49. The number of thiophene rings is 1. The van der Waals surface area contributed by atoms with Gasteiger partial charge in [-0.1, -0.05) is 0 Å². The highest BCUT2D eigenvalue weighted by Crippen LogP contribution is 2.29. The first kappa shape index (κ1) is 12.3. The van der Waals surface area contributed by atoms with Crippen LogP contribution in [0.15, 0.2) is 35.4 Å². The lowest BCUT2D eigenvalue weighted by Gasteiger charge is -2.31. The molecule has 19 heavy (non-hydrogen) atoms. The van der Waals surface area contributed by atoms with Gasteiger partial charge in [-0.2, -0.15) is 11.3 Å². The van der Waals surface area contributed by atoms with Crippen molar-refractivity contribution in [2.45, 2.75) is 18.8 Å². The highest BCUT2D eigenvalue weighted by molar-refractivity contribution is 7.07. The van der Waals surface area contributed by atoms with Gasteiger partial charge in [-0.25, -0.2) is 4.98 Å². The van der Waals surface area contributed by atoms with Crippen LogP contribution >= 0.6 is 11.3 Å². The Kier molecular flexibility index (Phi) is 3.55. The first-order chi connectivity index (χ1) is 9.34. The number of amides is 1. The molecule has 1 fully saturated rings. The van der Waals surface area contributed by atoms with Crippen molar-refractivity contribution in [3.63, 3.8) is 0 Å². The highest BCUT2D eigenvalue weighted by Gasteiger charge is 2.25. The second kappa shape index (κ2) is 5.48. The Bertz CT molecular complexity index is 533. The monoisotopic (exact) mass is 273 g/mol. The molecule has 1 saturated heterocycles. The summed E-state index contributed by atoms with van der Waals surface area (Å²) in [6.45, 7) is 1.60. The molecular formula is C14H15N3OS. The molecular weight excluding hydrogens is 258 g/mol. The van der Waals surface area contributed by atoms with Crippen molar-refractivity contribution < 1.29 is 4.79 Å². The van der Waals surface area contributed by atoms with Gasteiger partial charge in [0.1, 0.15) is 5.69 Å². The van der Waals surface area contributed by atoms with Gasteiger partial charge in [-0.3, -0.25) is 9.78 Å². The van der Waals surface area contributed by atoms with Gasteiger partial charge in [0, 0.05) is 25.5 Å². The van der Waals surface area contributed by atoms with E-state index in [4.69, 9.17) is 0 Å². The van der Waals surface area contributed by atoms with Crippen molar-refractivity contribution in [2.24, 2.45) is 0 Å². The number of hydrogen-bond acceptors (Lipinski definition) is 4. The molecule has 3 rings (SSSR count). The molecule has 98 valence electrons. The van der Waals surface area contributed by atoms with Crippen LogP contribution in [0.25, 0.3) is 0 Å². The zero-order valence-corrected chi connectivity index (χ0v) is 11.3. The normalized spacial score (nSPS) is 16.5. The molecule has 0 saturated carbocycles. The zero-order chi connectivity index (χ0) is 13.1. The number of aromatic nitrogens is 2. The maximum atomic E-state index is 12.2. The Morgan fingerprint density at radius 2 is 2.16 bits per heavy atom. The van der Waals surface area contributed by atoms with Gasteiger partial charge >= 0.3 is 0 Å². The zero-order valence-electron chi connectivity index (χ0n) is 10.5. The van der Waals surface area contributed by atoms with Crippen LogP contribution in [0.3, 0.4) is 0 Å². The van der Waals surface area contributed by atoms with Crippen LogP contribution in [-0.4, -0.2) is 33.9 Å². The second-order valence-electron chi connectivity index (χ2n) is 4.71. The molecule has 0 unspecified atom stereocenters. The van der Waals surface area contributed by atoms with Gasteiger partial charge in [-0.15, -0.1) is 0 Å². The van der Waals surface area contributed by atoms with Gasteiger partial charge in [0.15, 0.2) is 0 Å². The average Bonchev–Trinajstić information content (AvgIpc) is 3.02. The van der Waals surface area contributed by atoms with E-state index in [1.807, 2.05) is 4.90 Å². The van der Waals surface area contributed by atoms with Crippen molar-refractivity contribution in [1.29, 1.82) is 0 Å². The summed E-state index contributed by atoms with van der Waals surface area (Å²) in [5, 5.41) is 4.33. The Balaban J connectivity index is 1.63. The smallest absolute Gasteiger partial charge is 0.274 e. The molecule has 5 heteroatoms. The molecule has 0 spiro atoms. The van der Waals surface area contributed by atoms with Crippen LogP contribution in [0, 0.1) is 0 Å². The number of nitrogens with zero attached hydrogens (tertiary/aromatic N) is 3. The fourth-order valence-electron chi connectivity index (χ4n) is 2.49. The van der Waals surface area contributed by atoms with Crippen molar-refractivity contribution in [1.82, 2.24) is 14.9 Å². The molecule has 4 nitrogen and oxygen atoms in total. The van der Waals surface area contributed by atoms with Crippen molar-refractivity contribution >= 4 is 17.2 Å². The molecule has 1 aliphatic heterocycles. The van der Waals surface area contributed by atoms with Crippen LogP contribution in [0.4, 0.5) is 0 Å². The largest absolute Gasteiger partial charge is 0.337 e. The van der Waals surface area contributed by atoms with E-state index >= 15 is 0 Å². The van der Waals surface area contributed by atoms with Crippen molar-refractivity contribution in [3.05, 3.63) is 46.7 Å². The molecule has 0 aliphatic carbocycles. The molecule has 0 radical (unpaired) electrons. The van der Waals surface area contributed by atoms with Gasteiger partial charge in [0.05, 0.1) is 6.20 Å². The van der Waals surface area contributed by atoms with Crippen LogP contribution in [-0.2, 0) is 0 Å². The van der Waals surface area contributed by atoms with Gasteiger partial charge in [0.2, 0.25) is 0 Å². The Morgan fingerprint density at radius 1 is 1.32 bits per heavy atom. The topological polar surface area (TPSA) is 46.1 Å². The maximum absolute atomic E-state index is 12.2. The molecule has 1 amide bonds. The summed E-state index contributed by atoms with van der Waals surface area (Å²) < 4.78 is 0. The van der Waals surface area contributed by atoms with Crippen LogP contribution in [0.5, 0.6) is 0 Å². The Morgan fingerprint density at radius 3 is 2.79 bits per heavy atom. The number of hydrogen-bond donors (Lipinski definition) is 0. The average molecular weight is 273 g/mol. The SMILES string of the molecule is O=C(c1cnccn1)N1CCC(c2ccsc2)CC1. The number of rotatable bonds is 2. The molecule has 0 atom stereocenters. The van der Waals surface area contributed by atoms with Crippen LogP contribution in [0.1, 0.15) is 34.8 Å². The minimum absolute atomic E-state index is 0.00290. The quantitative estimate of drug-likeness (QED) is 0.844. The summed E-state index contributed by atoms with van der Waals surface area (Å²) in [5.74, 6) is 0.592. The number of likely N-dealkylation sites (tertiary alicyclic amines) is 1.